The summed E-state index contributed by atoms with van der Waals surface area (Å²) >= 11 is 0. The Balaban J connectivity index is 1.58. The van der Waals surface area contributed by atoms with Gasteiger partial charge in [0, 0.05) is 17.3 Å². The highest BCUT2D eigenvalue weighted by Crippen LogP contribution is 2.31. The molecule has 7 heteroatoms. The maximum absolute atomic E-state index is 13.2. The molecule has 6 nitrogen and oxygen atoms in total. The average Bonchev–Trinajstić information content (AvgIpc) is 3.30. The molecule has 1 atom stereocenters. The van der Waals surface area contributed by atoms with Crippen LogP contribution in [-0.4, -0.2) is 22.8 Å². The molecule has 1 aliphatic carbocycles. The van der Waals surface area contributed by atoms with E-state index in [0.29, 0.717) is 5.95 Å². The van der Waals surface area contributed by atoms with Crippen LogP contribution in [0.15, 0.2) is 47.0 Å². The van der Waals surface area contributed by atoms with Crippen molar-refractivity contribution in [2.24, 2.45) is 0 Å². The van der Waals surface area contributed by atoms with Crippen LogP contribution in [0.25, 0.3) is 5.69 Å². The molecule has 0 fully saturated rings. The SMILES string of the molecule is COc1ccc(C(=O)NC2CCCc3c2cnn3-c2ccc(F)cc2)o1. The molecule has 2 aromatic heterocycles. The second-order valence-electron chi connectivity index (χ2n) is 6.18. The quantitative estimate of drug-likeness (QED) is 0.779. The number of nitrogens with one attached hydrogen (secondary N) is 1. The number of nitrogens with zero attached hydrogens (tertiary/aromatic N) is 2. The van der Waals surface area contributed by atoms with Crippen LogP contribution < -0.4 is 10.1 Å². The maximum Gasteiger partial charge on any atom is 0.287 e. The first kappa shape index (κ1) is 16.4. The van der Waals surface area contributed by atoms with E-state index in [1.165, 1.54) is 19.2 Å². The van der Waals surface area contributed by atoms with E-state index in [1.807, 2.05) is 4.68 Å². The molecule has 0 aliphatic heterocycles. The summed E-state index contributed by atoms with van der Waals surface area (Å²) < 4.78 is 25.3. The minimum Gasteiger partial charge on any atom is -0.468 e. The number of methoxy groups -OCH3 is 1. The van der Waals surface area contributed by atoms with E-state index < -0.39 is 0 Å². The molecule has 0 radical (unpaired) electrons. The van der Waals surface area contributed by atoms with E-state index in [0.717, 1.165) is 36.2 Å². The summed E-state index contributed by atoms with van der Waals surface area (Å²) in [4.78, 5) is 12.4. The van der Waals surface area contributed by atoms with E-state index in [-0.39, 0.29) is 23.5 Å². The molecule has 134 valence electrons. The van der Waals surface area contributed by atoms with E-state index in [1.54, 1.807) is 30.5 Å². The molecule has 3 aromatic rings. The van der Waals surface area contributed by atoms with E-state index in [9.17, 15) is 9.18 Å². The van der Waals surface area contributed by atoms with Crippen LogP contribution in [0, 0.1) is 5.82 Å². The van der Waals surface area contributed by atoms with Crippen molar-refractivity contribution in [2.45, 2.75) is 25.3 Å². The topological polar surface area (TPSA) is 69.3 Å². The van der Waals surface area contributed by atoms with Crippen LogP contribution in [0.3, 0.4) is 0 Å². The van der Waals surface area contributed by atoms with Crippen molar-refractivity contribution in [3.05, 3.63) is 65.4 Å². The molecule has 1 unspecified atom stereocenters. The van der Waals surface area contributed by atoms with Gasteiger partial charge in [-0.3, -0.25) is 4.79 Å². The summed E-state index contributed by atoms with van der Waals surface area (Å²) in [5.41, 5.74) is 2.81. The van der Waals surface area contributed by atoms with Crippen LogP contribution >= 0.6 is 0 Å². The van der Waals surface area contributed by atoms with Crippen molar-refractivity contribution in [1.82, 2.24) is 15.1 Å². The van der Waals surface area contributed by atoms with Gasteiger partial charge in [-0.25, -0.2) is 9.07 Å². The van der Waals surface area contributed by atoms with Gasteiger partial charge in [-0.05, 0) is 49.6 Å². The van der Waals surface area contributed by atoms with Crippen molar-refractivity contribution in [1.29, 1.82) is 0 Å². The summed E-state index contributed by atoms with van der Waals surface area (Å²) in [5.74, 6) is -0.0713. The van der Waals surface area contributed by atoms with Crippen molar-refractivity contribution in [3.63, 3.8) is 0 Å². The molecule has 1 N–H and O–H groups in total. The number of hydrogen-bond acceptors (Lipinski definition) is 4. The fraction of sp³-hybridized carbons (Fsp3) is 0.263. The fourth-order valence-corrected chi connectivity index (χ4v) is 3.29. The Kier molecular flexibility index (Phi) is 4.20. The van der Waals surface area contributed by atoms with Gasteiger partial charge >= 0.3 is 0 Å². The van der Waals surface area contributed by atoms with E-state index >= 15 is 0 Å². The molecule has 1 amide bonds. The van der Waals surface area contributed by atoms with Crippen LogP contribution in [0.5, 0.6) is 5.95 Å². The van der Waals surface area contributed by atoms with Crippen molar-refractivity contribution in [2.75, 3.05) is 7.11 Å². The summed E-state index contributed by atoms with van der Waals surface area (Å²) in [6.07, 6.45) is 4.37. The molecule has 26 heavy (non-hydrogen) atoms. The molecular formula is C19H18FN3O3. The number of rotatable bonds is 4. The van der Waals surface area contributed by atoms with Gasteiger partial charge in [0.25, 0.3) is 11.9 Å². The Morgan fingerprint density at radius 3 is 2.85 bits per heavy atom. The second kappa shape index (κ2) is 6.67. The lowest BCUT2D eigenvalue weighted by molar-refractivity contribution is 0.0898. The molecular weight excluding hydrogens is 337 g/mol. The van der Waals surface area contributed by atoms with Crippen molar-refractivity contribution in [3.8, 4) is 11.6 Å². The summed E-state index contributed by atoms with van der Waals surface area (Å²) in [6, 6.07) is 9.26. The van der Waals surface area contributed by atoms with Crippen LogP contribution in [0.4, 0.5) is 4.39 Å². The van der Waals surface area contributed by atoms with E-state index in [4.69, 9.17) is 9.15 Å². The molecule has 1 aliphatic rings. The summed E-state index contributed by atoms with van der Waals surface area (Å²) in [7, 11) is 1.48. The number of benzene rings is 1. The highest BCUT2D eigenvalue weighted by atomic mass is 19.1. The third kappa shape index (κ3) is 2.96. The summed E-state index contributed by atoms with van der Waals surface area (Å²) in [6.45, 7) is 0. The molecule has 0 spiro atoms. The van der Waals surface area contributed by atoms with Gasteiger partial charge in [0.05, 0.1) is 25.0 Å². The van der Waals surface area contributed by atoms with Crippen LogP contribution in [-0.2, 0) is 6.42 Å². The zero-order chi connectivity index (χ0) is 18.1. The lowest BCUT2D eigenvalue weighted by Crippen LogP contribution is -2.30. The molecule has 0 saturated heterocycles. The Morgan fingerprint density at radius 1 is 1.31 bits per heavy atom. The minimum atomic E-state index is -0.291. The number of fused-ring (bicyclic) bond motifs is 1. The Morgan fingerprint density at radius 2 is 2.12 bits per heavy atom. The number of halogens is 1. The Labute approximate surface area is 149 Å². The van der Waals surface area contributed by atoms with Crippen LogP contribution in [0.2, 0.25) is 0 Å². The molecule has 2 heterocycles. The highest BCUT2D eigenvalue weighted by molar-refractivity contribution is 5.91. The minimum absolute atomic E-state index is 0.142. The van der Waals surface area contributed by atoms with Gasteiger partial charge in [0.2, 0.25) is 0 Å². The normalized spacial score (nSPS) is 16.2. The molecule has 1 aromatic carbocycles. The van der Waals surface area contributed by atoms with Gasteiger partial charge < -0.3 is 14.5 Å². The number of aromatic nitrogens is 2. The highest BCUT2D eigenvalue weighted by Gasteiger charge is 2.27. The lowest BCUT2D eigenvalue weighted by atomic mass is 9.92. The first-order chi connectivity index (χ1) is 12.7. The van der Waals surface area contributed by atoms with Gasteiger partial charge in [0.15, 0.2) is 5.76 Å². The Hall–Kier alpha value is -3.09. The third-order valence-corrected chi connectivity index (χ3v) is 4.57. The van der Waals surface area contributed by atoms with Gasteiger partial charge in [-0.1, -0.05) is 0 Å². The molecule has 0 bridgehead atoms. The number of ether oxygens (including phenoxy) is 1. The van der Waals surface area contributed by atoms with Gasteiger partial charge in [-0.2, -0.15) is 5.10 Å². The van der Waals surface area contributed by atoms with Crippen molar-refractivity contribution < 1.29 is 18.3 Å². The maximum atomic E-state index is 13.2. The number of hydrogen-bond donors (Lipinski definition) is 1. The number of carbonyl (C=O) groups is 1. The van der Waals surface area contributed by atoms with Crippen LogP contribution in [0.1, 0.15) is 40.7 Å². The number of furan rings is 1. The largest absolute Gasteiger partial charge is 0.468 e. The average molecular weight is 355 g/mol. The zero-order valence-electron chi connectivity index (χ0n) is 14.2. The second-order valence-corrected chi connectivity index (χ2v) is 6.18. The lowest BCUT2D eigenvalue weighted by Gasteiger charge is -2.23. The molecule has 0 saturated carbocycles. The Bertz CT molecular complexity index is 930. The number of amides is 1. The first-order valence-corrected chi connectivity index (χ1v) is 8.43. The number of carbonyl (C=O) groups excluding carboxylic acids is 1. The molecule has 4 rings (SSSR count). The van der Waals surface area contributed by atoms with Gasteiger partial charge in [-0.15, -0.1) is 0 Å². The van der Waals surface area contributed by atoms with E-state index in [2.05, 4.69) is 10.4 Å². The third-order valence-electron chi connectivity index (χ3n) is 4.57. The zero-order valence-corrected chi connectivity index (χ0v) is 14.2. The monoisotopic (exact) mass is 355 g/mol. The van der Waals surface area contributed by atoms with Gasteiger partial charge in [0.1, 0.15) is 5.82 Å². The summed E-state index contributed by atoms with van der Waals surface area (Å²) in [5, 5.41) is 7.45. The fourth-order valence-electron chi connectivity index (χ4n) is 3.29. The van der Waals surface area contributed by atoms with Crippen molar-refractivity contribution >= 4 is 5.91 Å². The first-order valence-electron chi connectivity index (χ1n) is 8.43. The predicted molar refractivity (Wildman–Crippen MR) is 91.9 cm³/mol. The smallest absolute Gasteiger partial charge is 0.287 e. The standard InChI is InChI=1S/C19H18FN3O3/c1-25-18-10-9-17(26-18)19(24)22-15-3-2-4-16-14(15)11-21-23(16)13-7-5-12(20)6-8-13/h5-11,15H,2-4H2,1H3,(H,22,24). The predicted octanol–water partition coefficient (Wildman–Crippen LogP) is 3.42.